The van der Waals surface area contributed by atoms with Gasteiger partial charge in [-0.1, -0.05) is 52.3 Å². The maximum atomic E-state index is 14.3. The molecule has 3 N–H and O–H groups in total. The van der Waals surface area contributed by atoms with Crippen molar-refractivity contribution in [3.05, 3.63) is 23.8 Å². The van der Waals surface area contributed by atoms with Crippen molar-refractivity contribution in [2.24, 2.45) is 29.6 Å². The number of aliphatic hydroxyl groups is 3. The molecule has 14 nitrogen and oxygen atoms in total. The molecule has 0 radical (unpaired) electrons. The van der Waals surface area contributed by atoms with E-state index in [4.69, 9.17) is 23.7 Å². The minimum absolute atomic E-state index is 0.105. The normalized spacial score (nSPS) is 39.1. The molecule has 1 amide bonds. The molecule has 3 aliphatic heterocycles. The highest BCUT2D eigenvalue weighted by molar-refractivity contribution is 6.39. The molecule has 1 aliphatic carbocycles. The summed E-state index contributed by atoms with van der Waals surface area (Å²) in [5.41, 5.74) is 0.404. The summed E-state index contributed by atoms with van der Waals surface area (Å²) in [6, 6.07) is -1.12. The fourth-order valence-corrected chi connectivity index (χ4v) is 10.0. The molecule has 2 saturated heterocycles. The monoisotopic (exact) mass is 890 g/mol. The van der Waals surface area contributed by atoms with Crippen LogP contribution in [0.25, 0.3) is 0 Å². The van der Waals surface area contributed by atoms with Crippen molar-refractivity contribution in [3.8, 4) is 0 Å². The molecule has 1 saturated carbocycles. The largest absolute Gasteiger partial charge is 0.460 e. The molecule has 3 fully saturated rings. The van der Waals surface area contributed by atoms with Gasteiger partial charge in [0.15, 0.2) is 5.78 Å². The van der Waals surface area contributed by atoms with Gasteiger partial charge < -0.3 is 43.9 Å². The van der Waals surface area contributed by atoms with E-state index in [1.165, 1.54) is 12.0 Å². The van der Waals surface area contributed by atoms with Crippen LogP contribution in [0.4, 0.5) is 0 Å². The molecule has 14 heteroatoms. The van der Waals surface area contributed by atoms with E-state index in [1.54, 1.807) is 41.1 Å². The van der Waals surface area contributed by atoms with E-state index < -0.39 is 71.8 Å². The van der Waals surface area contributed by atoms with Crippen molar-refractivity contribution >= 4 is 29.2 Å². The third-order valence-electron chi connectivity index (χ3n) is 14.4. The molecule has 14 atom stereocenters. The van der Waals surface area contributed by atoms with Crippen molar-refractivity contribution in [1.82, 2.24) is 4.90 Å². The van der Waals surface area contributed by atoms with Crippen LogP contribution in [-0.2, 0) is 47.7 Å². The third kappa shape index (κ3) is 14.3. The van der Waals surface area contributed by atoms with E-state index in [0.717, 1.165) is 32.1 Å². The van der Waals surface area contributed by atoms with E-state index in [2.05, 4.69) is 12.2 Å². The Labute approximate surface area is 375 Å². The second-order valence-corrected chi connectivity index (χ2v) is 19.2. The van der Waals surface area contributed by atoms with E-state index in [9.17, 15) is 39.3 Å². The number of aliphatic hydroxyl groups excluding tert-OH is 2. The number of hydrogen-bond donors (Lipinski definition) is 3. The summed E-state index contributed by atoms with van der Waals surface area (Å²) in [6.45, 7) is 8.89. The number of methoxy groups -OCH3 is 3. The predicted octanol–water partition coefficient (Wildman–Crippen LogP) is 5.99. The Kier molecular flexibility index (Phi) is 21.1. The van der Waals surface area contributed by atoms with Crippen LogP contribution >= 0.6 is 0 Å². The van der Waals surface area contributed by atoms with Gasteiger partial charge in [-0.15, -0.1) is 0 Å². The molecule has 63 heavy (non-hydrogen) atoms. The van der Waals surface area contributed by atoms with Crippen LogP contribution in [0.15, 0.2) is 23.8 Å². The van der Waals surface area contributed by atoms with Gasteiger partial charge in [0.25, 0.3) is 11.7 Å². The van der Waals surface area contributed by atoms with Crippen molar-refractivity contribution in [1.29, 1.82) is 0 Å². The third-order valence-corrected chi connectivity index (χ3v) is 14.4. The number of esters is 1. The summed E-state index contributed by atoms with van der Waals surface area (Å²) in [5.74, 6) is -7.69. The zero-order valence-corrected chi connectivity index (χ0v) is 39.3. The van der Waals surface area contributed by atoms with E-state index in [1.807, 2.05) is 13.8 Å². The van der Waals surface area contributed by atoms with Gasteiger partial charge in [-0.25, -0.2) is 4.79 Å². The molecular weight excluding hydrogens is 811 g/mol. The Morgan fingerprint density at radius 2 is 1.56 bits per heavy atom. The Hall–Kier alpha value is -2.85. The zero-order chi connectivity index (χ0) is 46.4. The Morgan fingerprint density at radius 1 is 0.841 bits per heavy atom. The Balaban J connectivity index is 1.64. The van der Waals surface area contributed by atoms with Crippen molar-refractivity contribution < 1.29 is 63.0 Å². The van der Waals surface area contributed by atoms with Gasteiger partial charge in [-0.2, -0.15) is 0 Å². The summed E-state index contributed by atoms with van der Waals surface area (Å²) in [4.78, 5) is 71.4. The first kappa shape index (κ1) is 52.8. The lowest BCUT2D eigenvalue weighted by molar-refractivity contribution is -0.266. The molecule has 358 valence electrons. The number of ether oxygens (including phenoxy) is 5. The number of allylic oxidation sites excluding steroid dienone is 3. The molecule has 0 spiro atoms. The number of carbonyl (C=O) groups excluding carboxylic acids is 5. The SMILES string of the molecule is CO[C@@H]1CCCC/C=C/CC[C@@H](C)C(=O)[C@H](OC)[C@H](O)/C(C)=C/[C@@H](C)C(=O)C[C@@H]([C@H](C)C[C@H]2CC[C@@H](O)[C@H](OC)C2)OC(=O)[C@@H]2CCCCN2C(=O)C(=O)[C@]2(O)O[C@@H](CC[C@H]2C)C1. The first-order valence-electron chi connectivity index (χ1n) is 23.8. The summed E-state index contributed by atoms with van der Waals surface area (Å²) >= 11 is 0. The van der Waals surface area contributed by atoms with Crippen LogP contribution < -0.4 is 0 Å². The predicted molar refractivity (Wildman–Crippen MR) is 236 cm³/mol. The second-order valence-electron chi connectivity index (χ2n) is 19.2. The number of cyclic esters (lactones) is 1. The Bertz CT molecular complexity index is 1580. The van der Waals surface area contributed by atoms with Crippen molar-refractivity contribution in [2.75, 3.05) is 27.9 Å². The minimum Gasteiger partial charge on any atom is -0.460 e. The summed E-state index contributed by atoms with van der Waals surface area (Å²) in [6.07, 6.45) is 10.6. The quantitative estimate of drug-likeness (QED) is 0.160. The lowest BCUT2D eigenvalue weighted by Gasteiger charge is -2.42. The van der Waals surface area contributed by atoms with Gasteiger partial charge in [0.2, 0.25) is 5.79 Å². The van der Waals surface area contributed by atoms with E-state index in [-0.39, 0.29) is 60.9 Å². The van der Waals surface area contributed by atoms with Crippen LogP contribution in [0.2, 0.25) is 0 Å². The zero-order valence-electron chi connectivity index (χ0n) is 39.3. The lowest BCUT2D eigenvalue weighted by atomic mass is 9.78. The van der Waals surface area contributed by atoms with Crippen LogP contribution in [0.5, 0.6) is 0 Å². The topological polar surface area (TPSA) is 195 Å². The van der Waals surface area contributed by atoms with Crippen LogP contribution in [0, 0.1) is 29.6 Å². The number of hydrogen-bond acceptors (Lipinski definition) is 13. The average molecular weight is 890 g/mol. The molecular formula is C49H79NO13. The summed E-state index contributed by atoms with van der Waals surface area (Å²) in [5, 5.41) is 33.7. The molecule has 4 aliphatic rings. The number of piperidine rings is 1. The fraction of sp³-hybridized carbons (Fsp3) is 0.816. The summed E-state index contributed by atoms with van der Waals surface area (Å²) < 4.78 is 29.3. The fourth-order valence-electron chi connectivity index (χ4n) is 10.0. The number of fused-ring (bicyclic) bond motifs is 3. The number of ketones is 3. The van der Waals surface area contributed by atoms with Gasteiger partial charge >= 0.3 is 5.97 Å². The van der Waals surface area contributed by atoms with Gasteiger partial charge in [-0.3, -0.25) is 19.2 Å². The highest BCUT2D eigenvalue weighted by atomic mass is 16.6. The molecule has 3 heterocycles. The standard InChI is InChI=1S/C49H79NO13/c1-30-17-13-11-9-10-12-14-18-36(59-6)28-37-22-20-34(5)49(58,63-37)46(55)47(56)50-24-16-15-19-38(50)48(57)62-41(32(3)26-35-21-23-39(51)42(27-35)60-7)29-40(52)31(2)25-33(4)44(54)45(61-8)43(30)53/h9,11,25,30-32,34-39,41-42,44-45,51,54,58H,10,12-24,26-29H2,1-8H3/b11-9+,33-25+/t30-,31-,32-,34-,35-,36-,37+,38+,39-,41+,42-,44-,45+,49-/m1/s1. The van der Waals surface area contributed by atoms with Gasteiger partial charge in [0.1, 0.15) is 30.1 Å². The van der Waals surface area contributed by atoms with Gasteiger partial charge in [0, 0.05) is 52.0 Å². The van der Waals surface area contributed by atoms with Crippen molar-refractivity contribution in [3.63, 3.8) is 0 Å². The maximum Gasteiger partial charge on any atom is 0.329 e. The number of carbonyl (C=O) groups is 5. The average Bonchev–Trinajstić information content (AvgIpc) is 3.27. The smallest absolute Gasteiger partial charge is 0.329 e. The lowest BCUT2D eigenvalue weighted by Crippen LogP contribution is -2.61. The highest BCUT2D eigenvalue weighted by Crippen LogP contribution is 2.37. The molecule has 0 unspecified atom stereocenters. The van der Waals surface area contributed by atoms with E-state index in [0.29, 0.717) is 69.8 Å². The van der Waals surface area contributed by atoms with Gasteiger partial charge in [-0.05, 0) is 121 Å². The molecule has 2 bridgehead atoms. The van der Waals surface area contributed by atoms with Crippen molar-refractivity contribution in [2.45, 2.75) is 198 Å². The summed E-state index contributed by atoms with van der Waals surface area (Å²) in [7, 11) is 4.59. The van der Waals surface area contributed by atoms with Gasteiger partial charge in [0.05, 0.1) is 24.4 Å². The second kappa shape index (κ2) is 25.2. The molecule has 0 aromatic carbocycles. The first-order valence-corrected chi connectivity index (χ1v) is 23.8. The number of Topliss-reactive ketones (excluding diaryl/α,β-unsaturated/α-hetero) is 3. The first-order chi connectivity index (χ1) is 29.9. The van der Waals surface area contributed by atoms with E-state index >= 15 is 0 Å². The van der Waals surface area contributed by atoms with Crippen LogP contribution in [0.3, 0.4) is 0 Å². The number of rotatable bonds is 6. The van der Waals surface area contributed by atoms with Crippen LogP contribution in [-0.4, -0.2) is 132 Å². The molecule has 0 aromatic heterocycles. The minimum atomic E-state index is -2.38. The number of nitrogens with zero attached hydrogens (tertiary/aromatic N) is 1. The molecule has 4 rings (SSSR count). The van der Waals surface area contributed by atoms with Crippen LogP contribution in [0.1, 0.15) is 144 Å². The Morgan fingerprint density at radius 3 is 2.25 bits per heavy atom. The number of amides is 1. The highest BCUT2D eigenvalue weighted by Gasteiger charge is 2.53. The maximum absolute atomic E-state index is 14.3. The molecule has 0 aromatic rings.